The van der Waals surface area contributed by atoms with Gasteiger partial charge < -0.3 is 5.32 Å². The maximum atomic E-state index is 12.6. The predicted octanol–water partition coefficient (Wildman–Crippen LogP) is 3.31. The number of aromatic nitrogens is 3. The second kappa shape index (κ2) is 8.77. The highest BCUT2D eigenvalue weighted by molar-refractivity contribution is 6.03. The number of rotatable bonds is 6. The summed E-state index contributed by atoms with van der Waals surface area (Å²) in [5.74, 6) is -0.568. The van der Waals surface area contributed by atoms with Gasteiger partial charge in [-0.05, 0) is 63.3 Å². The average molecular weight is 448 g/mol. The monoisotopic (exact) mass is 447 g/mol. The summed E-state index contributed by atoms with van der Waals surface area (Å²) < 4.78 is 1.83. The van der Waals surface area contributed by atoms with Gasteiger partial charge in [-0.1, -0.05) is 19.1 Å². The normalized spacial score (nSPS) is 18.4. The van der Waals surface area contributed by atoms with Crippen LogP contribution in [0.25, 0.3) is 5.65 Å². The van der Waals surface area contributed by atoms with E-state index >= 15 is 0 Å². The van der Waals surface area contributed by atoms with E-state index in [1.54, 1.807) is 0 Å². The van der Waals surface area contributed by atoms with Crippen LogP contribution in [0.5, 0.6) is 0 Å². The van der Waals surface area contributed by atoms with Crippen molar-refractivity contribution in [1.82, 2.24) is 19.9 Å². The Labute approximate surface area is 192 Å². The number of nitrogens with one attached hydrogen (secondary N) is 2. The second-order valence-corrected chi connectivity index (χ2v) is 8.76. The molecule has 3 aromatic rings. The zero-order valence-corrected chi connectivity index (χ0v) is 19.5. The second-order valence-electron chi connectivity index (χ2n) is 8.76. The zero-order chi connectivity index (χ0) is 23.8. The number of benzene rings is 1. The van der Waals surface area contributed by atoms with Crippen LogP contribution < -0.4 is 10.6 Å². The summed E-state index contributed by atoms with van der Waals surface area (Å²) in [5, 5.41) is 9.88. The number of piperidine rings is 1. The highest BCUT2D eigenvalue weighted by atomic mass is 16.2. The van der Waals surface area contributed by atoms with E-state index in [4.69, 9.17) is 0 Å². The topological polar surface area (TPSA) is 105 Å². The van der Waals surface area contributed by atoms with Crippen molar-refractivity contribution in [2.45, 2.75) is 65.2 Å². The fraction of sp³-hybridized carbons (Fsp3) is 0.400. The van der Waals surface area contributed by atoms with Gasteiger partial charge in [0.1, 0.15) is 0 Å². The Bertz CT molecular complexity index is 1250. The van der Waals surface area contributed by atoms with Gasteiger partial charge in [-0.25, -0.2) is 9.50 Å². The van der Waals surface area contributed by atoms with Crippen LogP contribution in [0.3, 0.4) is 0 Å². The maximum Gasteiger partial charge on any atom is 0.237 e. The molecule has 1 saturated heterocycles. The minimum absolute atomic E-state index is 0.0931. The number of amides is 3. The number of hydrogen-bond donors (Lipinski definition) is 2. The summed E-state index contributed by atoms with van der Waals surface area (Å²) >= 11 is 0. The predicted molar refractivity (Wildman–Crippen MR) is 125 cm³/mol. The van der Waals surface area contributed by atoms with Crippen molar-refractivity contribution in [3.8, 4) is 0 Å². The van der Waals surface area contributed by atoms with E-state index in [1.165, 1.54) is 0 Å². The van der Waals surface area contributed by atoms with Crippen LogP contribution in [0.15, 0.2) is 30.3 Å². The van der Waals surface area contributed by atoms with Crippen LogP contribution in [0.1, 0.15) is 60.8 Å². The number of nitrogens with zero attached hydrogens (tertiary/aromatic N) is 3. The average Bonchev–Trinajstić information content (AvgIpc) is 3.15. The molecule has 0 spiro atoms. The molecular weight excluding hydrogens is 418 g/mol. The lowest BCUT2D eigenvalue weighted by Gasteiger charge is -2.35. The van der Waals surface area contributed by atoms with E-state index in [0.717, 1.165) is 33.9 Å². The Morgan fingerprint density at radius 2 is 1.91 bits per heavy atom. The van der Waals surface area contributed by atoms with Gasteiger partial charge in [-0.3, -0.25) is 19.7 Å². The Morgan fingerprint density at radius 1 is 1.18 bits per heavy atom. The van der Waals surface area contributed by atoms with Gasteiger partial charge in [-0.2, -0.15) is 5.10 Å². The molecule has 2 N–H and O–H groups in total. The third-order valence-corrected chi connectivity index (χ3v) is 6.68. The standard InChI is InChI=1S/C25H29N5O3/c1-5-25(13-12-23(32)28-24(25)33)18-6-8-19(9-7-18)27-22(31)11-10-20-16(3)26-21-14-15(2)29-30(21)17(20)4/h6-9,14H,5,10-13H2,1-4H3,(H,27,31)(H,28,32,33). The number of fused-ring (bicyclic) bond motifs is 1. The Hall–Kier alpha value is -3.55. The molecule has 0 bridgehead atoms. The molecular formula is C25H29N5O3. The van der Waals surface area contributed by atoms with Crippen molar-refractivity contribution < 1.29 is 14.4 Å². The first-order chi connectivity index (χ1) is 15.7. The van der Waals surface area contributed by atoms with Crippen LogP contribution >= 0.6 is 0 Å². The smallest absolute Gasteiger partial charge is 0.237 e. The molecule has 0 radical (unpaired) electrons. The van der Waals surface area contributed by atoms with E-state index < -0.39 is 5.41 Å². The Kier molecular flexibility index (Phi) is 6.01. The molecule has 8 nitrogen and oxygen atoms in total. The fourth-order valence-electron chi connectivity index (χ4n) is 4.70. The highest BCUT2D eigenvalue weighted by Gasteiger charge is 2.42. The molecule has 2 aromatic heterocycles. The molecule has 1 aromatic carbocycles. The number of aryl methyl sites for hydroxylation is 3. The molecule has 1 unspecified atom stereocenters. The third-order valence-electron chi connectivity index (χ3n) is 6.68. The van der Waals surface area contributed by atoms with E-state index in [0.29, 0.717) is 37.8 Å². The zero-order valence-electron chi connectivity index (χ0n) is 19.5. The van der Waals surface area contributed by atoms with Crippen LogP contribution in [0.4, 0.5) is 5.69 Å². The van der Waals surface area contributed by atoms with Gasteiger partial charge >= 0.3 is 0 Å². The van der Waals surface area contributed by atoms with Gasteiger partial charge in [0.05, 0.1) is 11.1 Å². The summed E-state index contributed by atoms with van der Waals surface area (Å²) in [6.07, 6.45) is 2.31. The summed E-state index contributed by atoms with van der Waals surface area (Å²) in [6, 6.07) is 9.29. The lowest BCUT2D eigenvalue weighted by molar-refractivity contribution is -0.138. The highest BCUT2D eigenvalue weighted by Crippen LogP contribution is 2.36. The van der Waals surface area contributed by atoms with E-state index in [2.05, 4.69) is 20.7 Å². The van der Waals surface area contributed by atoms with Crippen molar-refractivity contribution in [2.24, 2.45) is 0 Å². The summed E-state index contributed by atoms with van der Waals surface area (Å²) in [5.41, 5.74) is 5.48. The molecule has 1 atom stereocenters. The summed E-state index contributed by atoms with van der Waals surface area (Å²) in [4.78, 5) is 41.4. The first-order valence-corrected chi connectivity index (χ1v) is 11.3. The minimum Gasteiger partial charge on any atom is -0.326 e. The maximum absolute atomic E-state index is 12.6. The van der Waals surface area contributed by atoms with Crippen LogP contribution in [0.2, 0.25) is 0 Å². The minimum atomic E-state index is -0.706. The van der Waals surface area contributed by atoms with Crippen molar-refractivity contribution >= 4 is 29.1 Å². The van der Waals surface area contributed by atoms with Crippen molar-refractivity contribution in [3.05, 3.63) is 58.5 Å². The lowest BCUT2D eigenvalue weighted by Crippen LogP contribution is -2.51. The summed E-state index contributed by atoms with van der Waals surface area (Å²) in [7, 11) is 0. The summed E-state index contributed by atoms with van der Waals surface area (Å²) in [6.45, 7) is 7.84. The van der Waals surface area contributed by atoms with Crippen LogP contribution in [0, 0.1) is 20.8 Å². The first kappa shape index (κ1) is 22.6. The SMILES string of the molecule is CCC1(c2ccc(NC(=O)CCc3c(C)nc4cc(C)nn4c3C)cc2)CCC(=O)NC1=O. The van der Waals surface area contributed by atoms with Crippen molar-refractivity contribution in [1.29, 1.82) is 0 Å². The molecule has 0 saturated carbocycles. The van der Waals surface area contributed by atoms with Crippen LogP contribution in [-0.2, 0) is 26.2 Å². The molecule has 4 rings (SSSR count). The molecule has 8 heteroatoms. The molecule has 3 amide bonds. The van der Waals surface area contributed by atoms with E-state index in [9.17, 15) is 14.4 Å². The number of carbonyl (C=O) groups excluding carboxylic acids is 3. The number of hydrogen-bond acceptors (Lipinski definition) is 5. The molecule has 3 heterocycles. The molecule has 1 aliphatic heterocycles. The fourth-order valence-corrected chi connectivity index (χ4v) is 4.70. The van der Waals surface area contributed by atoms with E-state index in [1.807, 2.05) is 62.5 Å². The number of anilines is 1. The van der Waals surface area contributed by atoms with Gasteiger partial charge in [0.2, 0.25) is 17.7 Å². The van der Waals surface area contributed by atoms with Crippen molar-refractivity contribution in [3.63, 3.8) is 0 Å². The molecule has 0 aliphatic carbocycles. The molecule has 172 valence electrons. The van der Waals surface area contributed by atoms with Crippen LogP contribution in [-0.4, -0.2) is 32.3 Å². The van der Waals surface area contributed by atoms with Gasteiger partial charge in [0.25, 0.3) is 0 Å². The number of imide groups is 1. The molecule has 1 fully saturated rings. The lowest BCUT2D eigenvalue weighted by atomic mass is 9.72. The van der Waals surface area contributed by atoms with Gasteiger partial charge in [0.15, 0.2) is 5.65 Å². The first-order valence-electron chi connectivity index (χ1n) is 11.3. The Morgan fingerprint density at radius 3 is 2.58 bits per heavy atom. The quantitative estimate of drug-likeness (QED) is 0.564. The Balaban J connectivity index is 1.43. The van der Waals surface area contributed by atoms with Gasteiger partial charge in [-0.15, -0.1) is 0 Å². The largest absolute Gasteiger partial charge is 0.326 e. The third kappa shape index (κ3) is 4.25. The number of carbonyl (C=O) groups is 3. The van der Waals surface area contributed by atoms with Gasteiger partial charge in [0, 0.05) is 36.0 Å². The molecule has 1 aliphatic rings. The van der Waals surface area contributed by atoms with E-state index in [-0.39, 0.29) is 17.7 Å². The van der Waals surface area contributed by atoms with Crippen molar-refractivity contribution in [2.75, 3.05) is 5.32 Å². The molecule has 33 heavy (non-hydrogen) atoms.